The Labute approximate surface area is 229 Å². The van der Waals surface area contributed by atoms with Gasteiger partial charge in [-0.1, -0.05) is 60.1 Å². The number of esters is 1. The number of hydrogen-bond acceptors (Lipinski definition) is 5. The minimum absolute atomic E-state index is 0.00217. The van der Waals surface area contributed by atoms with Gasteiger partial charge in [0.1, 0.15) is 0 Å². The van der Waals surface area contributed by atoms with Crippen molar-refractivity contribution in [2.24, 2.45) is 0 Å². The van der Waals surface area contributed by atoms with Crippen LogP contribution in [0.2, 0.25) is 5.02 Å². The molecule has 0 saturated heterocycles. The Hall–Kier alpha value is -3.61. The summed E-state index contributed by atoms with van der Waals surface area (Å²) in [6.07, 6.45) is 5.83. The third-order valence-electron chi connectivity index (χ3n) is 6.44. The third kappa shape index (κ3) is 7.03. The van der Waals surface area contributed by atoms with Gasteiger partial charge in [-0.05, 0) is 68.6 Å². The second kappa shape index (κ2) is 13.8. The highest BCUT2D eigenvalue weighted by Crippen LogP contribution is 2.42. The summed E-state index contributed by atoms with van der Waals surface area (Å²) in [6.45, 7) is 4.90. The highest BCUT2D eigenvalue weighted by atomic mass is 35.5. The Morgan fingerprint density at radius 2 is 1.71 bits per heavy atom. The zero-order chi connectivity index (χ0) is 26.7. The summed E-state index contributed by atoms with van der Waals surface area (Å²) >= 11 is 6.47. The van der Waals surface area contributed by atoms with Crippen molar-refractivity contribution in [1.29, 1.82) is 0 Å². The van der Waals surface area contributed by atoms with E-state index in [1.54, 1.807) is 13.0 Å². The average Bonchev–Trinajstić information content (AvgIpc) is 3.02. The number of fused-ring (bicyclic) bond motifs is 2. The first-order chi connectivity index (χ1) is 18.6. The lowest BCUT2D eigenvalue weighted by Crippen LogP contribution is -2.32. The first kappa shape index (κ1) is 27.4. The molecule has 1 aliphatic heterocycles. The number of amides is 1. The third-order valence-corrected chi connectivity index (χ3v) is 6.68. The zero-order valence-electron chi connectivity index (χ0n) is 21.7. The lowest BCUT2D eigenvalue weighted by molar-refractivity contribution is -0.137. The van der Waals surface area contributed by atoms with Crippen LogP contribution < -0.4 is 15.1 Å². The van der Waals surface area contributed by atoms with Gasteiger partial charge in [0.05, 0.1) is 29.2 Å². The molecular formula is C31H34ClN3O3. The van der Waals surface area contributed by atoms with Crippen LogP contribution in [0.15, 0.2) is 84.9 Å². The van der Waals surface area contributed by atoms with Gasteiger partial charge in [0.25, 0.3) is 5.91 Å². The van der Waals surface area contributed by atoms with E-state index in [2.05, 4.69) is 22.3 Å². The van der Waals surface area contributed by atoms with Crippen molar-refractivity contribution in [3.63, 3.8) is 0 Å². The van der Waals surface area contributed by atoms with Crippen LogP contribution in [0.4, 0.5) is 17.1 Å². The zero-order valence-corrected chi connectivity index (χ0v) is 22.5. The van der Waals surface area contributed by atoms with Crippen LogP contribution >= 0.6 is 11.6 Å². The van der Waals surface area contributed by atoms with E-state index in [9.17, 15) is 9.59 Å². The number of halogens is 1. The molecule has 7 heteroatoms. The highest BCUT2D eigenvalue weighted by Gasteiger charge is 2.30. The molecule has 0 bridgehead atoms. The lowest BCUT2D eigenvalue weighted by atomic mass is 10.1. The molecule has 1 aliphatic rings. The van der Waals surface area contributed by atoms with Crippen molar-refractivity contribution in [3.05, 3.63) is 101 Å². The van der Waals surface area contributed by atoms with Crippen molar-refractivity contribution in [2.75, 3.05) is 42.6 Å². The van der Waals surface area contributed by atoms with Crippen LogP contribution in [0.3, 0.4) is 0 Å². The standard InChI is InChI=1S/C31H34ClN3O3/c1-2-38-30(36)15-10-20-33-19-8-9-21-34-27-14-7-6-13-26(27)31(37)35(22-18-24-11-4-3-5-12-24)28-17-16-25(32)23-29(28)34/h3-7,10-17,23,33H,2,8-9,18-22H2,1H3/b15-10+. The summed E-state index contributed by atoms with van der Waals surface area (Å²) in [7, 11) is 0. The van der Waals surface area contributed by atoms with Gasteiger partial charge in [0.2, 0.25) is 0 Å². The maximum atomic E-state index is 13.8. The van der Waals surface area contributed by atoms with Crippen LogP contribution in [0.5, 0.6) is 0 Å². The van der Waals surface area contributed by atoms with Gasteiger partial charge >= 0.3 is 5.97 Å². The molecule has 1 amide bonds. The van der Waals surface area contributed by atoms with Gasteiger partial charge in [-0.15, -0.1) is 0 Å². The summed E-state index contributed by atoms with van der Waals surface area (Å²) in [4.78, 5) is 29.3. The maximum absolute atomic E-state index is 13.8. The Bertz CT molecular complexity index is 1260. The summed E-state index contributed by atoms with van der Waals surface area (Å²) < 4.78 is 4.89. The fourth-order valence-corrected chi connectivity index (χ4v) is 4.78. The number of anilines is 3. The van der Waals surface area contributed by atoms with Gasteiger partial charge in [0, 0.05) is 30.7 Å². The smallest absolute Gasteiger partial charge is 0.330 e. The van der Waals surface area contributed by atoms with E-state index < -0.39 is 0 Å². The normalized spacial score (nSPS) is 12.8. The summed E-state index contributed by atoms with van der Waals surface area (Å²) in [5.74, 6) is -0.323. The highest BCUT2D eigenvalue weighted by molar-refractivity contribution is 6.31. The minimum atomic E-state index is -0.321. The number of unbranched alkanes of at least 4 members (excludes halogenated alkanes) is 1. The molecule has 3 aromatic rings. The van der Waals surface area contributed by atoms with Crippen LogP contribution in [0.25, 0.3) is 0 Å². The van der Waals surface area contributed by atoms with E-state index >= 15 is 0 Å². The average molecular weight is 532 g/mol. The molecule has 0 fully saturated rings. The van der Waals surface area contributed by atoms with E-state index in [1.165, 1.54) is 11.6 Å². The molecule has 1 heterocycles. The Morgan fingerprint density at radius 1 is 0.921 bits per heavy atom. The molecule has 4 rings (SSSR count). The molecule has 0 aliphatic carbocycles. The van der Waals surface area contributed by atoms with E-state index in [0.29, 0.717) is 30.3 Å². The predicted octanol–water partition coefficient (Wildman–Crippen LogP) is 6.17. The second-order valence-corrected chi connectivity index (χ2v) is 9.50. The number of carbonyl (C=O) groups is 2. The number of para-hydroxylation sites is 1. The molecule has 0 radical (unpaired) electrons. The van der Waals surface area contributed by atoms with Crippen LogP contribution in [-0.4, -0.2) is 44.7 Å². The van der Waals surface area contributed by atoms with Crippen molar-refractivity contribution in [3.8, 4) is 0 Å². The van der Waals surface area contributed by atoms with Crippen molar-refractivity contribution < 1.29 is 14.3 Å². The Morgan fingerprint density at radius 3 is 2.53 bits per heavy atom. The molecular weight excluding hydrogens is 498 g/mol. The largest absolute Gasteiger partial charge is 0.463 e. The molecule has 0 spiro atoms. The van der Waals surface area contributed by atoms with Crippen LogP contribution in [-0.2, 0) is 16.0 Å². The first-order valence-corrected chi connectivity index (χ1v) is 13.5. The molecule has 3 aromatic carbocycles. The summed E-state index contributed by atoms with van der Waals surface area (Å²) in [5.41, 5.74) is 4.58. The van der Waals surface area contributed by atoms with Crippen molar-refractivity contribution in [1.82, 2.24) is 5.32 Å². The topological polar surface area (TPSA) is 61.9 Å². The van der Waals surface area contributed by atoms with Gasteiger partial charge < -0.3 is 19.9 Å². The second-order valence-electron chi connectivity index (χ2n) is 9.06. The van der Waals surface area contributed by atoms with Gasteiger partial charge in [0.15, 0.2) is 0 Å². The van der Waals surface area contributed by atoms with E-state index in [-0.39, 0.29) is 11.9 Å². The Kier molecular flexibility index (Phi) is 9.96. The molecule has 198 valence electrons. The van der Waals surface area contributed by atoms with Crippen LogP contribution in [0.1, 0.15) is 35.7 Å². The fourth-order valence-electron chi connectivity index (χ4n) is 4.61. The molecule has 1 N–H and O–H groups in total. The number of benzene rings is 3. The minimum Gasteiger partial charge on any atom is -0.463 e. The number of ether oxygens (including phenoxy) is 1. The molecule has 38 heavy (non-hydrogen) atoms. The van der Waals surface area contributed by atoms with Crippen molar-refractivity contribution >= 4 is 40.5 Å². The van der Waals surface area contributed by atoms with Crippen molar-refractivity contribution in [2.45, 2.75) is 26.2 Å². The van der Waals surface area contributed by atoms with E-state index in [4.69, 9.17) is 16.3 Å². The first-order valence-electron chi connectivity index (χ1n) is 13.1. The fraction of sp³-hybridized carbons (Fsp3) is 0.290. The lowest BCUT2D eigenvalue weighted by Gasteiger charge is -2.28. The van der Waals surface area contributed by atoms with Gasteiger partial charge in [-0.2, -0.15) is 0 Å². The van der Waals surface area contributed by atoms with E-state index in [0.717, 1.165) is 49.4 Å². The summed E-state index contributed by atoms with van der Waals surface area (Å²) in [5, 5.41) is 3.97. The summed E-state index contributed by atoms with van der Waals surface area (Å²) in [6, 6.07) is 23.8. The van der Waals surface area contributed by atoms with Crippen LogP contribution in [0, 0.1) is 0 Å². The molecule has 0 saturated carbocycles. The number of hydrogen-bond donors (Lipinski definition) is 1. The van der Waals surface area contributed by atoms with E-state index in [1.807, 2.05) is 65.6 Å². The Balaban J connectivity index is 1.48. The maximum Gasteiger partial charge on any atom is 0.330 e. The molecule has 0 aromatic heterocycles. The quantitative estimate of drug-likeness (QED) is 0.172. The monoisotopic (exact) mass is 531 g/mol. The molecule has 6 nitrogen and oxygen atoms in total. The predicted molar refractivity (Wildman–Crippen MR) is 155 cm³/mol. The number of carbonyl (C=O) groups excluding carboxylic acids is 2. The number of nitrogens with one attached hydrogen (secondary N) is 1. The van der Waals surface area contributed by atoms with Gasteiger partial charge in [-0.25, -0.2) is 4.79 Å². The number of rotatable bonds is 12. The molecule has 0 atom stereocenters. The SMILES string of the molecule is CCOC(=O)/C=C/CNCCCCN1c2ccccc2C(=O)N(CCc2ccccc2)c2ccc(Cl)cc21. The molecule has 0 unspecified atom stereocenters. The van der Waals surface area contributed by atoms with Gasteiger partial charge in [-0.3, -0.25) is 4.79 Å². The number of nitrogens with zero attached hydrogens (tertiary/aromatic N) is 2.